The number of H-pyrrole nitrogens is 1. The average molecular weight is 167 g/mol. The predicted octanol–water partition coefficient (Wildman–Crippen LogP) is -0.713. The van der Waals surface area contributed by atoms with Crippen molar-refractivity contribution >= 4 is 5.91 Å². The zero-order valence-electron chi connectivity index (χ0n) is 6.55. The van der Waals surface area contributed by atoms with E-state index >= 15 is 0 Å². The molecule has 64 valence electrons. The number of hydrogen-bond acceptors (Lipinski definition) is 3. The van der Waals surface area contributed by atoms with Gasteiger partial charge in [0, 0.05) is 11.8 Å². The first-order chi connectivity index (χ1) is 5.65. The molecule has 12 heavy (non-hydrogen) atoms. The number of pyridine rings is 1. The van der Waals surface area contributed by atoms with Crippen molar-refractivity contribution in [2.45, 2.75) is 6.92 Å². The van der Waals surface area contributed by atoms with Crippen molar-refractivity contribution in [1.82, 2.24) is 10.4 Å². The van der Waals surface area contributed by atoms with Crippen molar-refractivity contribution < 1.29 is 4.79 Å². The first kappa shape index (κ1) is 8.48. The molecular weight excluding hydrogens is 158 g/mol. The molecule has 0 fully saturated rings. The number of amides is 1. The molecule has 0 aliphatic heterocycles. The minimum atomic E-state index is -0.422. The number of carbonyl (C=O) groups excluding carboxylic acids is 1. The maximum Gasteiger partial charge on any atom is 0.266 e. The Morgan fingerprint density at radius 1 is 1.67 bits per heavy atom. The number of nitrogens with one attached hydrogen (secondary N) is 2. The third kappa shape index (κ3) is 1.51. The Balaban J connectivity index is 3.13. The van der Waals surface area contributed by atoms with Gasteiger partial charge in [0.15, 0.2) is 0 Å². The first-order valence-corrected chi connectivity index (χ1v) is 3.35. The van der Waals surface area contributed by atoms with Gasteiger partial charge in [-0.2, -0.15) is 0 Å². The maximum absolute atomic E-state index is 10.9. The zero-order chi connectivity index (χ0) is 9.14. The van der Waals surface area contributed by atoms with Crippen LogP contribution in [0.5, 0.6) is 0 Å². The second kappa shape index (κ2) is 3.19. The number of nitrogens with two attached hydrogens (primary N) is 1. The van der Waals surface area contributed by atoms with Gasteiger partial charge >= 0.3 is 0 Å². The van der Waals surface area contributed by atoms with Gasteiger partial charge in [0.2, 0.25) is 0 Å². The van der Waals surface area contributed by atoms with Crippen molar-refractivity contribution in [3.8, 4) is 0 Å². The Labute approximate surface area is 68.6 Å². The maximum atomic E-state index is 10.9. The van der Waals surface area contributed by atoms with Crippen LogP contribution in [0.15, 0.2) is 17.1 Å². The number of carbonyl (C=O) groups is 1. The summed E-state index contributed by atoms with van der Waals surface area (Å²) >= 11 is 0. The van der Waals surface area contributed by atoms with Crippen molar-refractivity contribution in [3.63, 3.8) is 0 Å². The Hall–Kier alpha value is -1.62. The highest BCUT2D eigenvalue weighted by Crippen LogP contribution is 1.95. The van der Waals surface area contributed by atoms with Gasteiger partial charge < -0.3 is 4.98 Å². The van der Waals surface area contributed by atoms with Crippen molar-refractivity contribution in [3.05, 3.63) is 33.7 Å². The highest BCUT2D eigenvalue weighted by molar-refractivity contribution is 5.93. The van der Waals surface area contributed by atoms with Crippen LogP contribution in [-0.4, -0.2) is 10.9 Å². The fourth-order valence-corrected chi connectivity index (χ4v) is 0.812. The number of nitrogen functional groups attached to an aromatic ring is 1. The smallest absolute Gasteiger partial charge is 0.266 e. The van der Waals surface area contributed by atoms with Gasteiger partial charge in [-0.3, -0.25) is 15.0 Å². The van der Waals surface area contributed by atoms with Crippen LogP contribution in [0.3, 0.4) is 0 Å². The van der Waals surface area contributed by atoms with E-state index in [1.807, 2.05) is 5.43 Å². The molecule has 0 saturated carbocycles. The molecule has 5 heteroatoms. The molecule has 0 spiro atoms. The van der Waals surface area contributed by atoms with Crippen LogP contribution in [0.25, 0.3) is 0 Å². The highest BCUT2D eigenvalue weighted by Gasteiger charge is 2.03. The number of aryl methyl sites for hydroxylation is 1. The van der Waals surface area contributed by atoms with Gasteiger partial charge in [-0.15, -0.1) is 0 Å². The lowest BCUT2D eigenvalue weighted by Gasteiger charge is -1.98. The van der Waals surface area contributed by atoms with E-state index in [0.717, 1.165) is 0 Å². The Morgan fingerprint density at radius 2 is 2.33 bits per heavy atom. The molecule has 0 aromatic carbocycles. The van der Waals surface area contributed by atoms with Gasteiger partial charge in [0.25, 0.3) is 11.5 Å². The molecule has 0 saturated heterocycles. The standard InChI is InChI=1S/C7H9N3O2/c1-4-2-5(7(12)10-8)3-9-6(4)11/h2-3H,8H2,1H3,(H,9,11)(H,10,12). The van der Waals surface area contributed by atoms with Crippen molar-refractivity contribution in [2.75, 3.05) is 0 Å². The number of aromatic nitrogens is 1. The molecule has 1 amide bonds. The molecule has 1 aromatic rings. The zero-order valence-corrected chi connectivity index (χ0v) is 6.55. The Kier molecular flexibility index (Phi) is 2.25. The van der Waals surface area contributed by atoms with Crippen molar-refractivity contribution in [1.29, 1.82) is 0 Å². The third-order valence-electron chi connectivity index (χ3n) is 1.48. The van der Waals surface area contributed by atoms with E-state index in [9.17, 15) is 9.59 Å². The monoisotopic (exact) mass is 167 g/mol. The van der Waals surface area contributed by atoms with Crippen LogP contribution < -0.4 is 16.8 Å². The van der Waals surface area contributed by atoms with E-state index in [2.05, 4.69) is 4.98 Å². The lowest BCUT2D eigenvalue weighted by molar-refractivity contribution is 0.0953. The van der Waals surface area contributed by atoms with Crippen LogP contribution in [0.2, 0.25) is 0 Å². The highest BCUT2D eigenvalue weighted by atomic mass is 16.2. The third-order valence-corrected chi connectivity index (χ3v) is 1.48. The Bertz CT molecular complexity index is 356. The first-order valence-electron chi connectivity index (χ1n) is 3.35. The predicted molar refractivity (Wildman–Crippen MR) is 43.5 cm³/mol. The molecule has 1 aromatic heterocycles. The minimum absolute atomic E-state index is 0.205. The van der Waals surface area contributed by atoms with Gasteiger partial charge in [0.1, 0.15) is 0 Å². The summed E-state index contributed by atoms with van der Waals surface area (Å²) in [5.41, 5.74) is 2.59. The van der Waals surface area contributed by atoms with E-state index < -0.39 is 5.91 Å². The largest absolute Gasteiger partial charge is 0.328 e. The topological polar surface area (TPSA) is 88.0 Å². The van der Waals surface area contributed by atoms with Gasteiger partial charge in [-0.05, 0) is 13.0 Å². The summed E-state index contributed by atoms with van der Waals surface area (Å²) in [6.45, 7) is 1.62. The summed E-state index contributed by atoms with van der Waals surface area (Å²) < 4.78 is 0. The Morgan fingerprint density at radius 3 is 2.83 bits per heavy atom. The molecule has 1 heterocycles. The molecule has 1 rings (SSSR count). The van der Waals surface area contributed by atoms with E-state index in [1.54, 1.807) is 6.92 Å². The van der Waals surface area contributed by atoms with E-state index in [-0.39, 0.29) is 5.56 Å². The van der Waals surface area contributed by atoms with Gasteiger partial charge in [-0.1, -0.05) is 0 Å². The lowest BCUT2D eigenvalue weighted by Crippen LogP contribution is -2.30. The second-order valence-electron chi connectivity index (χ2n) is 2.37. The molecule has 0 aliphatic rings. The van der Waals surface area contributed by atoms with Gasteiger partial charge in [0.05, 0.1) is 5.56 Å². The number of hydrazine groups is 1. The molecule has 4 N–H and O–H groups in total. The minimum Gasteiger partial charge on any atom is -0.328 e. The second-order valence-corrected chi connectivity index (χ2v) is 2.37. The fraction of sp³-hybridized carbons (Fsp3) is 0.143. The lowest BCUT2D eigenvalue weighted by atomic mass is 10.2. The van der Waals surface area contributed by atoms with Crippen molar-refractivity contribution in [2.24, 2.45) is 5.84 Å². The van der Waals surface area contributed by atoms with Crippen LogP contribution >= 0.6 is 0 Å². The number of hydrogen-bond donors (Lipinski definition) is 3. The summed E-state index contributed by atoms with van der Waals surface area (Å²) in [4.78, 5) is 24.2. The number of aromatic amines is 1. The van der Waals surface area contributed by atoms with E-state index in [1.165, 1.54) is 12.3 Å². The summed E-state index contributed by atoms with van der Waals surface area (Å²) in [6.07, 6.45) is 1.32. The van der Waals surface area contributed by atoms with Crippen LogP contribution in [0.1, 0.15) is 15.9 Å². The van der Waals surface area contributed by atoms with Gasteiger partial charge in [-0.25, -0.2) is 5.84 Å². The summed E-state index contributed by atoms with van der Waals surface area (Å²) in [6, 6.07) is 1.47. The van der Waals surface area contributed by atoms with Crippen LogP contribution in [-0.2, 0) is 0 Å². The molecule has 5 nitrogen and oxygen atoms in total. The molecule has 0 aliphatic carbocycles. The average Bonchev–Trinajstić information content (AvgIpc) is 2.08. The fourth-order valence-electron chi connectivity index (χ4n) is 0.812. The summed E-state index contributed by atoms with van der Waals surface area (Å²) in [5, 5.41) is 0. The molecule has 0 atom stereocenters. The van der Waals surface area contributed by atoms with E-state index in [0.29, 0.717) is 11.1 Å². The molecule has 0 radical (unpaired) electrons. The van der Waals surface area contributed by atoms with E-state index in [4.69, 9.17) is 5.84 Å². The molecule has 0 bridgehead atoms. The SMILES string of the molecule is Cc1cc(C(=O)NN)c[nH]c1=O. The van der Waals surface area contributed by atoms with Crippen LogP contribution in [0.4, 0.5) is 0 Å². The summed E-state index contributed by atoms with van der Waals surface area (Å²) in [5.74, 6) is 4.48. The quantitative estimate of drug-likeness (QED) is 0.293. The molecule has 0 unspecified atom stereocenters. The summed E-state index contributed by atoms with van der Waals surface area (Å²) in [7, 11) is 0. The van der Waals surface area contributed by atoms with Crippen LogP contribution in [0, 0.1) is 6.92 Å². The number of rotatable bonds is 1. The molecular formula is C7H9N3O2. The normalized spacial score (nSPS) is 9.50.